The third-order valence-electron chi connectivity index (χ3n) is 2.76. The molecular weight excluding hydrogens is 186 g/mol. The first-order chi connectivity index (χ1) is 7.09. The van der Waals surface area contributed by atoms with Gasteiger partial charge in [-0.3, -0.25) is 0 Å². The van der Waals surface area contributed by atoms with E-state index in [1.165, 1.54) is 18.5 Å². The fourth-order valence-electron chi connectivity index (χ4n) is 1.82. The SMILES string of the molecule is CCCC(C)(C)NCc1cncn1CC. The molecule has 0 aliphatic heterocycles. The maximum absolute atomic E-state index is 4.16. The molecule has 0 aliphatic rings. The second-order valence-electron chi connectivity index (χ2n) is 4.66. The van der Waals surface area contributed by atoms with E-state index in [-0.39, 0.29) is 5.54 Å². The fourth-order valence-corrected chi connectivity index (χ4v) is 1.82. The van der Waals surface area contributed by atoms with Crippen molar-refractivity contribution < 1.29 is 0 Å². The highest BCUT2D eigenvalue weighted by molar-refractivity contribution is 4.98. The summed E-state index contributed by atoms with van der Waals surface area (Å²) in [7, 11) is 0. The molecule has 0 spiro atoms. The van der Waals surface area contributed by atoms with Gasteiger partial charge in [-0.15, -0.1) is 0 Å². The van der Waals surface area contributed by atoms with Gasteiger partial charge in [-0.25, -0.2) is 4.98 Å². The molecule has 0 aromatic carbocycles. The highest BCUT2D eigenvalue weighted by Gasteiger charge is 2.15. The molecule has 1 heterocycles. The first-order valence-corrected chi connectivity index (χ1v) is 5.83. The fraction of sp³-hybridized carbons (Fsp3) is 0.750. The van der Waals surface area contributed by atoms with E-state index >= 15 is 0 Å². The molecule has 86 valence electrons. The van der Waals surface area contributed by atoms with Crippen molar-refractivity contribution in [3.8, 4) is 0 Å². The van der Waals surface area contributed by atoms with Gasteiger partial charge in [0.1, 0.15) is 0 Å². The summed E-state index contributed by atoms with van der Waals surface area (Å²) in [5.41, 5.74) is 1.49. The topological polar surface area (TPSA) is 29.9 Å². The number of aryl methyl sites for hydroxylation is 1. The first-order valence-electron chi connectivity index (χ1n) is 5.83. The Hall–Kier alpha value is -0.830. The lowest BCUT2D eigenvalue weighted by Gasteiger charge is -2.26. The van der Waals surface area contributed by atoms with Crippen LogP contribution in [0.25, 0.3) is 0 Å². The van der Waals surface area contributed by atoms with Gasteiger partial charge in [0, 0.05) is 24.8 Å². The Kier molecular flexibility index (Phi) is 4.33. The summed E-state index contributed by atoms with van der Waals surface area (Å²) in [4.78, 5) is 4.16. The van der Waals surface area contributed by atoms with Gasteiger partial charge in [-0.1, -0.05) is 13.3 Å². The van der Waals surface area contributed by atoms with Crippen LogP contribution in [-0.4, -0.2) is 15.1 Å². The van der Waals surface area contributed by atoms with Crippen molar-refractivity contribution in [3.05, 3.63) is 18.2 Å². The van der Waals surface area contributed by atoms with Crippen molar-refractivity contribution in [3.63, 3.8) is 0 Å². The lowest BCUT2D eigenvalue weighted by Crippen LogP contribution is -2.38. The minimum atomic E-state index is 0.220. The Morgan fingerprint density at radius 1 is 1.40 bits per heavy atom. The molecule has 1 rings (SSSR count). The Labute approximate surface area is 92.9 Å². The van der Waals surface area contributed by atoms with Gasteiger partial charge in [-0.2, -0.15) is 0 Å². The molecule has 0 fully saturated rings. The van der Waals surface area contributed by atoms with Crippen LogP contribution in [-0.2, 0) is 13.1 Å². The summed E-state index contributed by atoms with van der Waals surface area (Å²) in [6, 6.07) is 0. The zero-order valence-corrected chi connectivity index (χ0v) is 10.4. The highest BCUT2D eigenvalue weighted by atomic mass is 15.1. The molecule has 0 aliphatic carbocycles. The Morgan fingerprint density at radius 2 is 2.13 bits per heavy atom. The Balaban J connectivity index is 2.49. The number of aromatic nitrogens is 2. The van der Waals surface area contributed by atoms with E-state index in [1.807, 2.05) is 12.5 Å². The third-order valence-corrected chi connectivity index (χ3v) is 2.76. The van der Waals surface area contributed by atoms with E-state index in [0.29, 0.717) is 0 Å². The lowest BCUT2D eigenvalue weighted by molar-refractivity contribution is 0.352. The van der Waals surface area contributed by atoms with Gasteiger partial charge >= 0.3 is 0 Å². The smallest absolute Gasteiger partial charge is 0.0948 e. The second-order valence-corrected chi connectivity index (χ2v) is 4.66. The van der Waals surface area contributed by atoms with E-state index in [4.69, 9.17) is 0 Å². The highest BCUT2D eigenvalue weighted by Crippen LogP contribution is 2.12. The minimum Gasteiger partial charge on any atom is -0.334 e. The molecule has 0 atom stereocenters. The van der Waals surface area contributed by atoms with Crippen LogP contribution in [0, 0.1) is 0 Å². The maximum atomic E-state index is 4.16. The van der Waals surface area contributed by atoms with Gasteiger partial charge in [-0.05, 0) is 27.2 Å². The van der Waals surface area contributed by atoms with Crippen molar-refractivity contribution in [2.75, 3.05) is 0 Å². The largest absolute Gasteiger partial charge is 0.334 e. The molecule has 0 bridgehead atoms. The van der Waals surface area contributed by atoms with Gasteiger partial charge in [0.15, 0.2) is 0 Å². The number of nitrogens with zero attached hydrogens (tertiary/aromatic N) is 2. The molecule has 1 aromatic heterocycles. The Morgan fingerprint density at radius 3 is 2.73 bits per heavy atom. The number of hydrogen-bond donors (Lipinski definition) is 1. The molecule has 1 aromatic rings. The summed E-state index contributed by atoms with van der Waals surface area (Å²) in [6.45, 7) is 10.8. The monoisotopic (exact) mass is 209 g/mol. The zero-order valence-electron chi connectivity index (χ0n) is 10.4. The summed E-state index contributed by atoms with van der Waals surface area (Å²) >= 11 is 0. The first kappa shape index (κ1) is 12.2. The van der Waals surface area contributed by atoms with E-state index in [9.17, 15) is 0 Å². The zero-order chi connectivity index (χ0) is 11.3. The van der Waals surface area contributed by atoms with Gasteiger partial charge in [0.2, 0.25) is 0 Å². The molecule has 15 heavy (non-hydrogen) atoms. The summed E-state index contributed by atoms with van der Waals surface area (Å²) in [5, 5.41) is 3.58. The number of hydrogen-bond acceptors (Lipinski definition) is 2. The average Bonchev–Trinajstić information content (AvgIpc) is 2.62. The van der Waals surface area contributed by atoms with Crippen molar-refractivity contribution >= 4 is 0 Å². The lowest BCUT2D eigenvalue weighted by atomic mass is 9.99. The molecular formula is C12H23N3. The van der Waals surface area contributed by atoms with Crippen molar-refractivity contribution in [1.29, 1.82) is 0 Å². The standard InChI is InChI=1S/C12H23N3/c1-5-7-12(3,4)14-9-11-8-13-10-15(11)6-2/h8,10,14H,5-7,9H2,1-4H3. The quantitative estimate of drug-likeness (QED) is 0.780. The van der Waals surface area contributed by atoms with E-state index < -0.39 is 0 Å². The molecule has 1 N–H and O–H groups in total. The predicted molar refractivity (Wildman–Crippen MR) is 63.7 cm³/mol. The Bertz CT molecular complexity index is 289. The van der Waals surface area contributed by atoms with Crippen LogP contribution in [0.1, 0.15) is 46.2 Å². The molecule has 0 amide bonds. The van der Waals surface area contributed by atoms with Crippen molar-refractivity contribution in [1.82, 2.24) is 14.9 Å². The number of imidazole rings is 1. The molecule has 3 nitrogen and oxygen atoms in total. The summed E-state index contributed by atoms with van der Waals surface area (Å²) < 4.78 is 2.18. The van der Waals surface area contributed by atoms with Gasteiger partial charge in [0.25, 0.3) is 0 Å². The van der Waals surface area contributed by atoms with Crippen LogP contribution in [0.2, 0.25) is 0 Å². The molecule has 0 saturated carbocycles. The molecule has 3 heteroatoms. The third kappa shape index (κ3) is 3.67. The normalized spacial score (nSPS) is 12.0. The van der Waals surface area contributed by atoms with Crippen molar-refractivity contribution in [2.45, 2.75) is 59.2 Å². The van der Waals surface area contributed by atoms with Crippen LogP contribution in [0.15, 0.2) is 12.5 Å². The molecule has 0 unspecified atom stereocenters. The predicted octanol–water partition coefficient (Wildman–Crippen LogP) is 2.57. The van der Waals surface area contributed by atoms with Crippen molar-refractivity contribution in [2.24, 2.45) is 0 Å². The van der Waals surface area contributed by atoms with Crippen LogP contribution < -0.4 is 5.32 Å². The van der Waals surface area contributed by atoms with Crippen LogP contribution >= 0.6 is 0 Å². The average molecular weight is 209 g/mol. The number of rotatable bonds is 6. The van der Waals surface area contributed by atoms with E-state index in [1.54, 1.807) is 0 Å². The summed E-state index contributed by atoms with van der Waals surface area (Å²) in [6.07, 6.45) is 6.25. The van der Waals surface area contributed by atoms with Crippen LogP contribution in [0.5, 0.6) is 0 Å². The van der Waals surface area contributed by atoms with E-state index in [2.05, 4.69) is 42.6 Å². The number of nitrogens with one attached hydrogen (secondary N) is 1. The molecule has 0 saturated heterocycles. The minimum absolute atomic E-state index is 0.220. The van der Waals surface area contributed by atoms with Gasteiger partial charge in [0.05, 0.1) is 12.0 Å². The van der Waals surface area contributed by atoms with Gasteiger partial charge < -0.3 is 9.88 Å². The van der Waals surface area contributed by atoms with Crippen LogP contribution in [0.4, 0.5) is 0 Å². The molecule has 0 radical (unpaired) electrons. The maximum Gasteiger partial charge on any atom is 0.0948 e. The van der Waals surface area contributed by atoms with Crippen LogP contribution in [0.3, 0.4) is 0 Å². The second kappa shape index (κ2) is 5.31. The summed E-state index contributed by atoms with van der Waals surface area (Å²) in [5.74, 6) is 0. The van der Waals surface area contributed by atoms with E-state index in [0.717, 1.165) is 13.1 Å².